The lowest BCUT2D eigenvalue weighted by atomic mass is 10.2. The summed E-state index contributed by atoms with van der Waals surface area (Å²) >= 11 is 5.61. The highest BCUT2D eigenvalue weighted by Gasteiger charge is 2.21. The van der Waals surface area contributed by atoms with E-state index in [-0.39, 0.29) is 11.8 Å². The first-order valence-corrected chi connectivity index (χ1v) is 7.32. The zero-order chi connectivity index (χ0) is 13.8. The second-order valence-corrected chi connectivity index (χ2v) is 5.79. The van der Waals surface area contributed by atoms with Gasteiger partial charge in [0.15, 0.2) is 14.7 Å². The van der Waals surface area contributed by atoms with Gasteiger partial charge in [-0.15, -0.1) is 0 Å². The normalized spacial score (nSPS) is 12.3. The molecule has 1 rings (SSSR count). The minimum atomic E-state index is -3.67. The van der Waals surface area contributed by atoms with Crippen LogP contribution in [0.4, 0.5) is 0 Å². The number of hydrogen-bond acceptors (Lipinski definition) is 5. The maximum atomic E-state index is 11.5. The molecule has 0 aliphatic carbocycles. The smallest absolute Gasteiger partial charge is 0.349 e. The molecule has 0 aromatic carbocycles. The average Bonchev–Trinajstić information content (AvgIpc) is 2.26. The van der Waals surface area contributed by atoms with E-state index in [2.05, 4.69) is 4.98 Å². The number of pyridine rings is 1. The number of carbonyl (C=O) groups excluding carboxylic acids is 1. The van der Waals surface area contributed by atoms with Crippen molar-refractivity contribution in [2.75, 3.05) is 12.9 Å². The van der Waals surface area contributed by atoms with Crippen molar-refractivity contribution in [3.8, 4) is 0 Å². The molecule has 0 spiro atoms. The van der Waals surface area contributed by atoms with Crippen LogP contribution in [-0.2, 0) is 19.4 Å². The number of halogens is 1. The first kappa shape index (κ1) is 14.7. The van der Waals surface area contributed by atoms with Crippen LogP contribution in [-0.4, -0.2) is 32.2 Å². The van der Waals surface area contributed by atoms with E-state index in [1.165, 1.54) is 18.3 Å². The monoisotopic (exact) mass is 289 g/mol. The number of hydrogen-bond donors (Lipinski definition) is 0. The van der Waals surface area contributed by atoms with Gasteiger partial charge < -0.3 is 4.74 Å². The Bertz CT molecular complexity index is 563. The molecule has 0 aliphatic rings. The molecule has 7 heteroatoms. The van der Waals surface area contributed by atoms with Crippen molar-refractivity contribution in [1.82, 2.24) is 4.98 Å². The second-order valence-electron chi connectivity index (χ2n) is 3.42. The fourth-order valence-corrected chi connectivity index (χ4v) is 1.97. The Balaban J connectivity index is 3.19. The Morgan fingerprint density at radius 1 is 1.50 bits per heavy atom. The molecule has 18 heavy (non-hydrogen) atoms. The van der Waals surface area contributed by atoms with E-state index in [4.69, 9.17) is 16.3 Å². The van der Waals surface area contributed by atoms with E-state index in [0.717, 1.165) is 6.26 Å². The van der Waals surface area contributed by atoms with Crippen LogP contribution in [0.1, 0.15) is 12.5 Å². The molecule has 0 bridgehead atoms. The molecular weight excluding hydrogens is 278 g/mol. The largest absolute Gasteiger partial charge is 0.462 e. The van der Waals surface area contributed by atoms with Crippen LogP contribution in [0.25, 0.3) is 6.08 Å². The molecule has 0 atom stereocenters. The molecule has 0 N–H and O–H groups in total. The Hall–Kier alpha value is -1.40. The van der Waals surface area contributed by atoms with E-state index in [0.29, 0.717) is 5.56 Å². The Morgan fingerprint density at radius 2 is 2.17 bits per heavy atom. The Labute approximate surface area is 110 Å². The fraction of sp³-hybridized carbons (Fsp3) is 0.273. The number of nitrogens with zero attached hydrogens (tertiary/aromatic N) is 1. The lowest BCUT2D eigenvalue weighted by Crippen LogP contribution is -2.15. The number of aromatic nitrogens is 1. The third-order valence-electron chi connectivity index (χ3n) is 1.92. The first-order valence-electron chi connectivity index (χ1n) is 5.05. The van der Waals surface area contributed by atoms with Gasteiger partial charge >= 0.3 is 5.97 Å². The topological polar surface area (TPSA) is 73.3 Å². The van der Waals surface area contributed by atoms with Crippen LogP contribution >= 0.6 is 11.6 Å². The van der Waals surface area contributed by atoms with Gasteiger partial charge in [-0.1, -0.05) is 17.7 Å². The van der Waals surface area contributed by atoms with Gasteiger partial charge in [0.25, 0.3) is 0 Å². The zero-order valence-corrected chi connectivity index (χ0v) is 11.5. The highest BCUT2D eigenvalue weighted by atomic mass is 35.5. The van der Waals surface area contributed by atoms with Crippen molar-refractivity contribution in [2.45, 2.75) is 6.92 Å². The van der Waals surface area contributed by atoms with Gasteiger partial charge in [0.05, 0.1) is 6.61 Å². The fourth-order valence-electron chi connectivity index (χ4n) is 1.14. The summed E-state index contributed by atoms with van der Waals surface area (Å²) in [6.45, 7) is 1.70. The Morgan fingerprint density at radius 3 is 2.61 bits per heavy atom. The molecular formula is C11H12ClNO4S. The van der Waals surface area contributed by atoms with Gasteiger partial charge in [0, 0.05) is 12.5 Å². The highest BCUT2D eigenvalue weighted by Crippen LogP contribution is 2.14. The number of carbonyl (C=O) groups is 1. The van der Waals surface area contributed by atoms with Gasteiger partial charge in [-0.3, -0.25) is 0 Å². The van der Waals surface area contributed by atoms with Crippen LogP contribution < -0.4 is 0 Å². The maximum absolute atomic E-state index is 11.5. The molecule has 1 heterocycles. The average molecular weight is 290 g/mol. The lowest BCUT2D eigenvalue weighted by molar-refractivity contribution is -0.137. The molecule has 1 aromatic heterocycles. The van der Waals surface area contributed by atoms with Crippen LogP contribution in [0.5, 0.6) is 0 Å². The number of esters is 1. The first-order chi connectivity index (χ1) is 8.34. The van der Waals surface area contributed by atoms with Crippen LogP contribution in [0, 0.1) is 0 Å². The van der Waals surface area contributed by atoms with E-state index in [9.17, 15) is 13.2 Å². The van der Waals surface area contributed by atoms with Crippen molar-refractivity contribution in [1.29, 1.82) is 0 Å². The van der Waals surface area contributed by atoms with Gasteiger partial charge in [-0.2, -0.15) is 0 Å². The van der Waals surface area contributed by atoms with E-state index in [1.54, 1.807) is 13.0 Å². The predicted molar refractivity (Wildman–Crippen MR) is 68.7 cm³/mol. The SMILES string of the molecule is CCOC(=O)/C(=C/c1ccc(Cl)nc1)S(C)(=O)=O. The minimum Gasteiger partial charge on any atom is -0.462 e. The van der Waals surface area contributed by atoms with Crippen LogP contribution in [0.3, 0.4) is 0 Å². The third-order valence-corrected chi connectivity index (χ3v) is 3.23. The van der Waals surface area contributed by atoms with E-state index in [1.807, 2.05) is 0 Å². The molecule has 0 saturated heterocycles. The predicted octanol–water partition coefficient (Wildman–Crippen LogP) is 1.68. The molecule has 5 nitrogen and oxygen atoms in total. The summed E-state index contributed by atoms with van der Waals surface area (Å²) in [5.74, 6) is -0.880. The molecule has 0 unspecified atom stereocenters. The molecule has 0 radical (unpaired) electrons. The summed E-state index contributed by atoms with van der Waals surface area (Å²) in [5, 5.41) is 0.282. The molecule has 0 aliphatic heterocycles. The number of ether oxygens (including phenoxy) is 1. The second kappa shape index (κ2) is 5.97. The molecule has 0 saturated carbocycles. The summed E-state index contributed by atoms with van der Waals surface area (Å²) in [6, 6.07) is 3.05. The quantitative estimate of drug-likeness (QED) is 0.479. The van der Waals surface area contributed by atoms with E-state index >= 15 is 0 Å². The summed E-state index contributed by atoms with van der Waals surface area (Å²) in [6.07, 6.45) is 3.52. The van der Waals surface area contributed by atoms with Crippen molar-refractivity contribution >= 4 is 33.5 Å². The zero-order valence-electron chi connectivity index (χ0n) is 9.88. The number of sulfone groups is 1. The summed E-state index contributed by atoms with van der Waals surface area (Å²) < 4.78 is 27.7. The number of rotatable bonds is 4. The third kappa shape index (κ3) is 4.12. The van der Waals surface area contributed by atoms with Gasteiger partial charge in [-0.25, -0.2) is 18.2 Å². The standard InChI is InChI=1S/C11H12ClNO4S/c1-3-17-11(14)9(18(2,15)16)6-8-4-5-10(12)13-7-8/h4-7H,3H2,1-2H3/b9-6-. The van der Waals surface area contributed by atoms with Gasteiger partial charge in [-0.05, 0) is 24.6 Å². The molecule has 0 fully saturated rings. The van der Waals surface area contributed by atoms with E-state index < -0.39 is 20.7 Å². The van der Waals surface area contributed by atoms with Crippen molar-refractivity contribution in [2.24, 2.45) is 0 Å². The molecule has 0 amide bonds. The van der Waals surface area contributed by atoms with Crippen molar-refractivity contribution < 1.29 is 17.9 Å². The van der Waals surface area contributed by atoms with Crippen molar-refractivity contribution in [3.05, 3.63) is 34.0 Å². The minimum absolute atomic E-state index is 0.102. The van der Waals surface area contributed by atoms with Crippen molar-refractivity contribution in [3.63, 3.8) is 0 Å². The van der Waals surface area contributed by atoms with Crippen LogP contribution in [0.2, 0.25) is 5.15 Å². The lowest BCUT2D eigenvalue weighted by Gasteiger charge is -2.04. The summed E-state index contributed by atoms with van der Waals surface area (Å²) in [5.41, 5.74) is 0.452. The molecule has 1 aromatic rings. The maximum Gasteiger partial charge on any atom is 0.349 e. The van der Waals surface area contributed by atoms with Crippen LogP contribution in [0.15, 0.2) is 23.2 Å². The van der Waals surface area contributed by atoms with Gasteiger partial charge in [0.2, 0.25) is 0 Å². The Kier molecular flexibility index (Phi) is 4.86. The summed E-state index contributed by atoms with van der Waals surface area (Å²) in [7, 11) is -3.67. The molecule has 98 valence electrons. The van der Waals surface area contributed by atoms with Gasteiger partial charge in [0.1, 0.15) is 5.15 Å². The highest BCUT2D eigenvalue weighted by molar-refractivity contribution is 7.95. The summed E-state index contributed by atoms with van der Waals surface area (Å²) in [4.78, 5) is 14.9.